The summed E-state index contributed by atoms with van der Waals surface area (Å²) < 4.78 is 25.0. The lowest BCUT2D eigenvalue weighted by molar-refractivity contribution is -0.149. The van der Waals surface area contributed by atoms with Crippen molar-refractivity contribution in [2.75, 3.05) is 5.33 Å². The van der Waals surface area contributed by atoms with Crippen LogP contribution in [0, 0.1) is 5.41 Å². The number of allylic oxidation sites excluding steroid dienone is 1. The highest BCUT2D eigenvalue weighted by Crippen LogP contribution is 2.54. The van der Waals surface area contributed by atoms with E-state index in [0.29, 0.717) is 11.8 Å². The topological polar surface area (TPSA) is 0 Å². The first-order chi connectivity index (χ1) is 5.04. The summed E-state index contributed by atoms with van der Waals surface area (Å²) in [7, 11) is 0. The molecule has 0 unspecified atom stereocenters. The number of hydrogen-bond donors (Lipinski definition) is 0. The standard InChI is InChI=1S/C8H11BrF2/c1-2-3-7(6-9)4-8(10,11)5-7/h2H,1,3-6H2. The Morgan fingerprint density at radius 1 is 1.45 bits per heavy atom. The molecule has 64 valence electrons. The van der Waals surface area contributed by atoms with E-state index < -0.39 is 5.92 Å². The first-order valence-electron chi connectivity index (χ1n) is 3.58. The fourth-order valence-corrected chi connectivity index (χ4v) is 2.27. The SMILES string of the molecule is C=CCC1(CBr)CC(F)(F)C1. The van der Waals surface area contributed by atoms with E-state index in [9.17, 15) is 8.78 Å². The highest BCUT2D eigenvalue weighted by molar-refractivity contribution is 9.09. The molecule has 11 heavy (non-hydrogen) atoms. The smallest absolute Gasteiger partial charge is 0.207 e. The monoisotopic (exact) mass is 224 g/mol. The van der Waals surface area contributed by atoms with E-state index in [1.165, 1.54) is 0 Å². The van der Waals surface area contributed by atoms with E-state index in [1.807, 2.05) is 0 Å². The molecule has 1 fully saturated rings. The van der Waals surface area contributed by atoms with Gasteiger partial charge in [0.15, 0.2) is 0 Å². The summed E-state index contributed by atoms with van der Waals surface area (Å²) in [4.78, 5) is 0. The zero-order chi connectivity index (χ0) is 8.54. The van der Waals surface area contributed by atoms with Crippen molar-refractivity contribution in [3.8, 4) is 0 Å². The molecule has 0 saturated heterocycles. The molecule has 1 rings (SSSR count). The van der Waals surface area contributed by atoms with Gasteiger partial charge in [-0.3, -0.25) is 0 Å². The predicted octanol–water partition coefficient (Wildman–Crippen LogP) is 3.37. The molecule has 0 aromatic heterocycles. The molecule has 0 bridgehead atoms. The summed E-state index contributed by atoms with van der Waals surface area (Å²) in [6, 6.07) is 0. The van der Waals surface area contributed by atoms with Crippen LogP contribution in [0.1, 0.15) is 19.3 Å². The summed E-state index contributed by atoms with van der Waals surface area (Å²) in [6.07, 6.45) is 2.43. The van der Waals surface area contributed by atoms with Crippen LogP contribution < -0.4 is 0 Å². The molecule has 0 spiro atoms. The van der Waals surface area contributed by atoms with Crippen LogP contribution >= 0.6 is 15.9 Å². The highest BCUT2D eigenvalue weighted by atomic mass is 79.9. The summed E-state index contributed by atoms with van der Waals surface area (Å²) in [6.45, 7) is 3.56. The third-order valence-corrected chi connectivity index (χ3v) is 3.32. The van der Waals surface area contributed by atoms with Crippen LogP contribution in [0.4, 0.5) is 8.78 Å². The van der Waals surface area contributed by atoms with Gasteiger partial charge in [-0.25, -0.2) is 8.78 Å². The minimum Gasteiger partial charge on any atom is -0.207 e. The van der Waals surface area contributed by atoms with Crippen LogP contribution in [0.15, 0.2) is 12.7 Å². The van der Waals surface area contributed by atoms with Crippen LogP contribution in [0.5, 0.6) is 0 Å². The number of alkyl halides is 3. The molecular weight excluding hydrogens is 214 g/mol. The molecule has 0 radical (unpaired) electrons. The molecule has 0 N–H and O–H groups in total. The third kappa shape index (κ3) is 1.81. The largest absolute Gasteiger partial charge is 0.249 e. The normalized spacial score (nSPS) is 25.7. The van der Waals surface area contributed by atoms with E-state index in [2.05, 4.69) is 22.5 Å². The maximum atomic E-state index is 12.5. The number of halogens is 3. The van der Waals surface area contributed by atoms with Crippen LogP contribution in [0.2, 0.25) is 0 Å². The molecule has 0 aliphatic heterocycles. The molecule has 0 heterocycles. The Morgan fingerprint density at radius 2 is 2.00 bits per heavy atom. The van der Waals surface area contributed by atoms with E-state index in [4.69, 9.17) is 0 Å². The molecule has 0 nitrogen and oxygen atoms in total. The minimum absolute atomic E-state index is 0.0112. The van der Waals surface area contributed by atoms with Gasteiger partial charge in [0.1, 0.15) is 0 Å². The molecule has 0 atom stereocenters. The van der Waals surface area contributed by atoms with E-state index in [0.717, 1.165) is 0 Å². The maximum Gasteiger partial charge on any atom is 0.249 e. The first kappa shape index (κ1) is 9.17. The lowest BCUT2D eigenvalue weighted by Crippen LogP contribution is -2.46. The lowest BCUT2D eigenvalue weighted by Gasteiger charge is -2.46. The molecule has 0 amide bonds. The molecule has 0 aromatic rings. The first-order valence-corrected chi connectivity index (χ1v) is 4.70. The van der Waals surface area contributed by atoms with Gasteiger partial charge in [0.25, 0.3) is 0 Å². The Kier molecular flexibility index (Phi) is 2.37. The Bertz CT molecular complexity index is 157. The Morgan fingerprint density at radius 3 is 2.27 bits per heavy atom. The van der Waals surface area contributed by atoms with Gasteiger partial charge in [-0.1, -0.05) is 22.0 Å². The molecule has 0 aromatic carbocycles. The molecule has 1 aliphatic carbocycles. The Hall–Kier alpha value is 0.0800. The van der Waals surface area contributed by atoms with Crippen molar-refractivity contribution in [1.82, 2.24) is 0 Å². The van der Waals surface area contributed by atoms with Gasteiger partial charge < -0.3 is 0 Å². The van der Waals surface area contributed by atoms with Crippen molar-refractivity contribution in [3.63, 3.8) is 0 Å². The average Bonchev–Trinajstić information content (AvgIpc) is 1.84. The van der Waals surface area contributed by atoms with Crippen molar-refractivity contribution in [3.05, 3.63) is 12.7 Å². The van der Waals surface area contributed by atoms with Crippen LogP contribution in [-0.2, 0) is 0 Å². The van der Waals surface area contributed by atoms with Gasteiger partial charge in [0, 0.05) is 18.2 Å². The quantitative estimate of drug-likeness (QED) is 0.510. The van der Waals surface area contributed by atoms with Gasteiger partial charge in [0.05, 0.1) is 0 Å². The fraction of sp³-hybridized carbons (Fsp3) is 0.750. The second-order valence-corrected chi connectivity index (χ2v) is 3.90. The lowest BCUT2D eigenvalue weighted by atomic mass is 9.65. The third-order valence-electron chi connectivity index (χ3n) is 2.13. The molecule has 1 aliphatic rings. The Balaban J connectivity index is 2.49. The maximum absolute atomic E-state index is 12.5. The van der Waals surface area contributed by atoms with Crippen molar-refractivity contribution >= 4 is 15.9 Å². The van der Waals surface area contributed by atoms with Crippen LogP contribution in [0.3, 0.4) is 0 Å². The minimum atomic E-state index is -2.42. The van der Waals surface area contributed by atoms with Crippen molar-refractivity contribution in [2.45, 2.75) is 25.2 Å². The zero-order valence-electron chi connectivity index (χ0n) is 6.25. The molecule has 1 saturated carbocycles. The predicted molar refractivity (Wildman–Crippen MR) is 45.2 cm³/mol. The molecule has 3 heteroatoms. The summed E-state index contributed by atoms with van der Waals surface area (Å²) in [5.74, 6) is -2.42. The summed E-state index contributed by atoms with van der Waals surface area (Å²) in [5.41, 5.74) is -0.203. The van der Waals surface area contributed by atoms with Crippen LogP contribution in [0.25, 0.3) is 0 Å². The summed E-state index contributed by atoms with van der Waals surface area (Å²) in [5, 5.41) is 0.654. The van der Waals surface area contributed by atoms with Crippen molar-refractivity contribution in [2.24, 2.45) is 5.41 Å². The summed E-state index contributed by atoms with van der Waals surface area (Å²) >= 11 is 3.25. The van der Waals surface area contributed by atoms with Gasteiger partial charge in [0.2, 0.25) is 5.92 Å². The van der Waals surface area contributed by atoms with Crippen molar-refractivity contribution < 1.29 is 8.78 Å². The second kappa shape index (κ2) is 2.85. The average molecular weight is 225 g/mol. The van der Waals surface area contributed by atoms with Gasteiger partial charge in [-0.05, 0) is 11.8 Å². The second-order valence-electron chi connectivity index (χ2n) is 3.34. The number of rotatable bonds is 3. The van der Waals surface area contributed by atoms with Crippen LogP contribution in [-0.4, -0.2) is 11.3 Å². The Labute approximate surface area is 73.8 Å². The zero-order valence-corrected chi connectivity index (χ0v) is 7.83. The fourth-order valence-electron chi connectivity index (χ4n) is 1.65. The van der Waals surface area contributed by atoms with Crippen molar-refractivity contribution in [1.29, 1.82) is 0 Å². The van der Waals surface area contributed by atoms with Gasteiger partial charge >= 0.3 is 0 Å². The molecular formula is C8H11BrF2. The van der Waals surface area contributed by atoms with E-state index in [-0.39, 0.29) is 18.3 Å². The van der Waals surface area contributed by atoms with Gasteiger partial charge in [-0.15, -0.1) is 6.58 Å². The van der Waals surface area contributed by atoms with E-state index in [1.54, 1.807) is 6.08 Å². The highest BCUT2D eigenvalue weighted by Gasteiger charge is 2.54. The number of hydrogen-bond acceptors (Lipinski definition) is 0. The van der Waals surface area contributed by atoms with Gasteiger partial charge in [-0.2, -0.15) is 0 Å². The van der Waals surface area contributed by atoms with E-state index >= 15 is 0 Å².